The molecule has 1 aliphatic heterocycles. The number of hydrogen-bond acceptors (Lipinski definition) is 5. The van der Waals surface area contributed by atoms with Gasteiger partial charge in [0, 0.05) is 23.5 Å². The second kappa shape index (κ2) is 11.5. The number of fused-ring (bicyclic) bond motifs is 1. The van der Waals surface area contributed by atoms with E-state index in [4.69, 9.17) is 9.47 Å². The summed E-state index contributed by atoms with van der Waals surface area (Å²) in [7, 11) is 1.57. The molecule has 0 aliphatic carbocycles. The van der Waals surface area contributed by atoms with Crippen LogP contribution in [0, 0.1) is 0 Å². The topological polar surface area (TPSA) is 84.9 Å². The van der Waals surface area contributed by atoms with Gasteiger partial charge in [-0.1, -0.05) is 102 Å². The summed E-state index contributed by atoms with van der Waals surface area (Å²) in [5.41, 5.74) is 2.07. The van der Waals surface area contributed by atoms with Gasteiger partial charge in [-0.2, -0.15) is 0 Å². The number of hydrogen-bond donors (Lipinski definition) is 2. The fraction of sp³-hybridized carbons (Fsp3) is 0.316. The van der Waals surface area contributed by atoms with Gasteiger partial charge in [0.15, 0.2) is 5.54 Å². The van der Waals surface area contributed by atoms with Crippen molar-refractivity contribution in [2.24, 2.45) is 0 Å². The Morgan fingerprint density at radius 2 is 1.43 bits per heavy atom. The maximum absolute atomic E-state index is 14.5. The molecule has 2 N–H and O–H groups in total. The summed E-state index contributed by atoms with van der Waals surface area (Å²) in [4.78, 5) is 28.5. The van der Waals surface area contributed by atoms with Crippen LogP contribution < -0.4 is 14.8 Å². The fourth-order valence-electron chi connectivity index (χ4n) is 6.09. The lowest BCUT2D eigenvalue weighted by molar-refractivity contribution is -0.143. The fourth-order valence-corrected chi connectivity index (χ4v) is 6.09. The number of nitrogens with one attached hydrogen (secondary N) is 1. The van der Waals surface area contributed by atoms with Gasteiger partial charge in [0.05, 0.1) is 7.11 Å². The van der Waals surface area contributed by atoms with Gasteiger partial charge in [-0.3, -0.25) is 4.79 Å². The number of benzene rings is 4. The molecule has 6 nitrogen and oxygen atoms in total. The highest BCUT2D eigenvalue weighted by atomic mass is 16.5. The normalized spacial score (nSPS) is 18.2. The van der Waals surface area contributed by atoms with Crippen molar-refractivity contribution in [1.29, 1.82) is 0 Å². The molecule has 0 spiro atoms. The molecule has 0 radical (unpaired) electrons. The second-order valence-corrected chi connectivity index (χ2v) is 13.6. The van der Waals surface area contributed by atoms with Gasteiger partial charge in [-0.25, -0.2) is 4.79 Å². The van der Waals surface area contributed by atoms with E-state index >= 15 is 0 Å². The van der Waals surface area contributed by atoms with Crippen LogP contribution in [-0.4, -0.2) is 29.6 Å². The SMILES string of the molecule is COc1ccc(C(=O)N[C@@]2(Cc3ccccc3)C(=O)Oc3ccccc3[C@@H]2c2cc(C(C)(C)C)c(O)c(C(C)(C)C)c2)cc1. The van der Waals surface area contributed by atoms with Crippen molar-refractivity contribution in [3.8, 4) is 17.2 Å². The number of rotatable bonds is 6. The molecule has 1 amide bonds. The number of carbonyl (C=O) groups excluding carboxylic acids is 2. The van der Waals surface area contributed by atoms with Crippen molar-refractivity contribution in [2.45, 2.75) is 70.3 Å². The molecule has 228 valence electrons. The third-order valence-electron chi connectivity index (χ3n) is 8.39. The number of ether oxygens (including phenoxy) is 2. The molecule has 0 unspecified atom stereocenters. The Bertz CT molecular complexity index is 1640. The first-order valence-corrected chi connectivity index (χ1v) is 14.9. The lowest BCUT2D eigenvalue weighted by Gasteiger charge is -2.44. The molecule has 4 aromatic rings. The first-order valence-electron chi connectivity index (χ1n) is 14.9. The van der Waals surface area contributed by atoms with Crippen LogP contribution in [-0.2, 0) is 22.0 Å². The average Bonchev–Trinajstić information content (AvgIpc) is 2.97. The number of methoxy groups -OCH3 is 1. The van der Waals surface area contributed by atoms with Crippen molar-refractivity contribution in [2.75, 3.05) is 7.11 Å². The van der Waals surface area contributed by atoms with Crippen LogP contribution in [0.4, 0.5) is 0 Å². The Morgan fingerprint density at radius 3 is 2.00 bits per heavy atom. The van der Waals surface area contributed by atoms with E-state index in [-0.39, 0.29) is 12.2 Å². The van der Waals surface area contributed by atoms with Crippen LogP contribution in [0.5, 0.6) is 17.2 Å². The molecule has 44 heavy (non-hydrogen) atoms. The summed E-state index contributed by atoms with van der Waals surface area (Å²) in [6.45, 7) is 12.4. The summed E-state index contributed by atoms with van der Waals surface area (Å²) in [5.74, 6) is -0.266. The van der Waals surface area contributed by atoms with Gasteiger partial charge < -0.3 is 19.9 Å². The highest BCUT2D eigenvalue weighted by Gasteiger charge is 2.54. The van der Waals surface area contributed by atoms with E-state index in [2.05, 4.69) is 46.9 Å². The van der Waals surface area contributed by atoms with Crippen LogP contribution >= 0.6 is 0 Å². The van der Waals surface area contributed by atoms with Crippen molar-refractivity contribution >= 4 is 11.9 Å². The van der Waals surface area contributed by atoms with Gasteiger partial charge in [0.1, 0.15) is 17.2 Å². The van der Waals surface area contributed by atoms with Crippen LogP contribution in [0.3, 0.4) is 0 Å². The monoisotopic (exact) mass is 591 g/mol. The Labute approximate surface area is 260 Å². The third-order valence-corrected chi connectivity index (χ3v) is 8.39. The number of phenolic OH excluding ortho intramolecular Hbond substituents is 1. The number of amides is 1. The average molecular weight is 592 g/mol. The van der Waals surface area contributed by atoms with E-state index in [1.807, 2.05) is 60.7 Å². The zero-order valence-corrected chi connectivity index (χ0v) is 26.5. The van der Waals surface area contributed by atoms with Crippen LogP contribution in [0.15, 0.2) is 91.0 Å². The number of phenols is 1. The van der Waals surface area contributed by atoms with Gasteiger partial charge in [0.2, 0.25) is 0 Å². The zero-order valence-electron chi connectivity index (χ0n) is 26.5. The third kappa shape index (κ3) is 5.81. The summed E-state index contributed by atoms with van der Waals surface area (Å²) < 4.78 is 11.3. The van der Waals surface area contributed by atoms with E-state index in [9.17, 15) is 14.7 Å². The Kier molecular flexibility index (Phi) is 8.06. The summed E-state index contributed by atoms with van der Waals surface area (Å²) in [5, 5.41) is 14.7. The smallest absolute Gasteiger partial charge is 0.338 e. The van der Waals surface area contributed by atoms with Gasteiger partial charge in [-0.15, -0.1) is 0 Å². The zero-order chi connectivity index (χ0) is 31.9. The second-order valence-electron chi connectivity index (χ2n) is 13.6. The summed E-state index contributed by atoms with van der Waals surface area (Å²) in [6, 6.07) is 27.9. The maximum Gasteiger partial charge on any atom is 0.338 e. The Morgan fingerprint density at radius 1 is 0.864 bits per heavy atom. The highest BCUT2D eigenvalue weighted by molar-refractivity contribution is 6.00. The minimum atomic E-state index is -1.52. The minimum Gasteiger partial charge on any atom is -0.507 e. The van der Waals surface area contributed by atoms with E-state index in [0.717, 1.165) is 27.8 Å². The molecule has 1 aliphatic rings. The highest BCUT2D eigenvalue weighted by Crippen LogP contribution is 2.49. The van der Waals surface area contributed by atoms with Gasteiger partial charge in [0.25, 0.3) is 5.91 Å². The predicted molar refractivity (Wildman–Crippen MR) is 173 cm³/mol. The number of carbonyl (C=O) groups is 2. The summed E-state index contributed by atoms with van der Waals surface area (Å²) >= 11 is 0. The van der Waals surface area contributed by atoms with E-state index in [0.29, 0.717) is 17.1 Å². The van der Waals surface area contributed by atoms with Crippen molar-refractivity contribution in [3.63, 3.8) is 0 Å². The quantitative estimate of drug-likeness (QED) is 0.180. The molecular formula is C38H41NO5. The van der Waals surface area contributed by atoms with Crippen molar-refractivity contribution in [3.05, 3.63) is 124 Å². The standard InChI is InChI=1S/C38H41NO5/c1-36(2,3)29-21-26(22-30(33(29)40)37(4,5)6)32-28-15-11-12-16-31(28)44-35(42)38(32,23-24-13-9-8-10-14-24)39-34(41)25-17-19-27(43-7)20-18-25/h8-22,32,40H,23H2,1-7H3,(H,39,41)/t32-,38+/m0/s1. The molecule has 6 heteroatoms. The van der Waals surface area contributed by atoms with Crippen LogP contribution in [0.2, 0.25) is 0 Å². The molecule has 5 rings (SSSR count). The van der Waals surface area contributed by atoms with Gasteiger partial charge >= 0.3 is 5.97 Å². The first kappa shape index (κ1) is 30.9. The van der Waals surface area contributed by atoms with E-state index in [1.165, 1.54) is 0 Å². The van der Waals surface area contributed by atoms with Gasteiger partial charge in [-0.05, 0) is 63.4 Å². The minimum absolute atomic E-state index is 0.185. The molecule has 4 aromatic carbocycles. The Balaban J connectivity index is 1.81. The van der Waals surface area contributed by atoms with Crippen molar-refractivity contribution in [1.82, 2.24) is 5.32 Å². The van der Waals surface area contributed by atoms with Crippen LogP contribution in [0.25, 0.3) is 0 Å². The molecule has 0 aromatic heterocycles. The molecule has 2 atom stereocenters. The lowest BCUT2D eigenvalue weighted by atomic mass is 9.67. The molecule has 0 saturated carbocycles. The molecule has 0 bridgehead atoms. The van der Waals surface area contributed by atoms with Crippen molar-refractivity contribution < 1.29 is 24.2 Å². The number of para-hydroxylation sites is 1. The first-order chi connectivity index (χ1) is 20.7. The summed E-state index contributed by atoms with van der Waals surface area (Å²) in [6.07, 6.45) is 0.185. The maximum atomic E-state index is 14.5. The van der Waals surface area contributed by atoms with E-state index < -0.39 is 34.2 Å². The Hall–Kier alpha value is -4.58. The number of esters is 1. The predicted octanol–water partition coefficient (Wildman–Crippen LogP) is 7.46. The van der Waals surface area contributed by atoms with Crippen LogP contribution in [0.1, 0.15) is 85.6 Å². The molecule has 1 heterocycles. The molecule has 0 fully saturated rings. The lowest BCUT2D eigenvalue weighted by Crippen LogP contribution is -2.63. The molecular weight excluding hydrogens is 550 g/mol. The largest absolute Gasteiger partial charge is 0.507 e. The number of aromatic hydroxyl groups is 1. The molecule has 0 saturated heterocycles. The van der Waals surface area contributed by atoms with E-state index in [1.54, 1.807) is 37.4 Å².